The lowest BCUT2D eigenvalue weighted by atomic mass is 10.00. The highest BCUT2D eigenvalue weighted by atomic mass is 16.6. The van der Waals surface area contributed by atoms with E-state index in [2.05, 4.69) is 10.6 Å². The summed E-state index contributed by atoms with van der Waals surface area (Å²) in [7, 11) is 0. The second kappa shape index (κ2) is 7.95. The SMILES string of the molecule is CC(=O)Nc1cccc([C@H]2OC(=O)N(Cc3ccccc3)[C@@H]2C(=O)NC2CC2)c1. The summed E-state index contributed by atoms with van der Waals surface area (Å²) in [5, 5.41) is 5.72. The maximum atomic E-state index is 13.0. The number of hydrogen-bond donors (Lipinski definition) is 2. The Hall–Kier alpha value is -3.35. The molecule has 2 fully saturated rings. The minimum absolute atomic E-state index is 0.170. The van der Waals surface area contributed by atoms with Crippen molar-refractivity contribution in [3.05, 3.63) is 65.7 Å². The summed E-state index contributed by atoms with van der Waals surface area (Å²) in [5.74, 6) is -0.413. The number of nitrogens with zero attached hydrogens (tertiary/aromatic N) is 1. The molecule has 0 spiro atoms. The summed E-state index contributed by atoms with van der Waals surface area (Å²) in [5.41, 5.74) is 2.17. The van der Waals surface area contributed by atoms with Crippen LogP contribution in [0.2, 0.25) is 0 Å². The Morgan fingerprint density at radius 2 is 1.86 bits per heavy atom. The van der Waals surface area contributed by atoms with Crippen LogP contribution in [0.4, 0.5) is 10.5 Å². The Morgan fingerprint density at radius 3 is 2.55 bits per heavy atom. The van der Waals surface area contributed by atoms with Crippen molar-refractivity contribution in [1.82, 2.24) is 10.2 Å². The second-order valence-corrected chi connectivity index (χ2v) is 7.45. The molecule has 1 aliphatic heterocycles. The number of ether oxygens (including phenoxy) is 1. The smallest absolute Gasteiger partial charge is 0.411 e. The van der Waals surface area contributed by atoms with Gasteiger partial charge in [-0.15, -0.1) is 0 Å². The molecule has 1 heterocycles. The number of anilines is 1. The zero-order valence-corrected chi connectivity index (χ0v) is 16.1. The standard InChI is InChI=1S/C22H23N3O4/c1-14(26)23-18-9-5-8-16(12-18)20-19(21(27)24-17-10-11-17)25(22(28)29-20)13-15-6-3-2-4-7-15/h2-9,12,17,19-20H,10-11,13H2,1H3,(H,23,26)(H,24,27)/t19-,20+/m0/s1. The zero-order valence-electron chi connectivity index (χ0n) is 16.1. The number of hydrogen-bond acceptors (Lipinski definition) is 4. The summed E-state index contributed by atoms with van der Waals surface area (Å²) in [6.07, 6.45) is 0.627. The van der Waals surface area contributed by atoms with Crippen LogP contribution in [0.1, 0.15) is 37.0 Å². The third kappa shape index (κ3) is 4.39. The molecule has 29 heavy (non-hydrogen) atoms. The van der Waals surface area contributed by atoms with E-state index in [0.717, 1.165) is 18.4 Å². The number of amides is 3. The first-order chi connectivity index (χ1) is 14.0. The van der Waals surface area contributed by atoms with Gasteiger partial charge in [-0.05, 0) is 36.1 Å². The number of carbonyl (C=O) groups is 3. The molecule has 7 heteroatoms. The van der Waals surface area contributed by atoms with Crippen molar-refractivity contribution in [3.63, 3.8) is 0 Å². The molecule has 2 N–H and O–H groups in total. The molecule has 2 aliphatic rings. The lowest BCUT2D eigenvalue weighted by Crippen LogP contribution is -2.46. The minimum Gasteiger partial charge on any atom is -0.438 e. The second-order valence-electron chi connectivity index (χ2n) is 7.45. The topological polar surface area (TPSA) is 87.7 Å². The van der Waals surface area contributed by atoms with Gasteiger partial charge in [0.05, 0.1) is 6.54 Å². The van der Waals surface area contributed by atoms with Crippen molar-refractivity contribution in [2.24, 2.45) is 0 Å². The van der Waals surface area contributed by atoms with Crippen LogP contribution in [0.5, 0.6) is 0 Å². The Kier molecular flexibility index (Phi) is 5.20. The third-order valence-electron chi connectivity index (χ3n) is 5.01. The molecule has 3 amide bonds. The fourth-order valence-corrected chi connectivity index (χ4v) is 3.50. The van der Waals surface area contributed by atoms with Gasteiger partial charge in [-0.25, -0.2) is 4.79 Å². The molecule has 2 aromatic rings. The van der Waals surface area contributed by atoms with Gasteiger partial charge in [0.25, 0.3) is 0 Å². The Morgan fingerprint density at radius 1 is 1.10 bits per heavy atom. The van der Waals surface area contributed by atoms with E-state index in [1.54, 1.807) is 24.3 Å². The molecule has 150 valence electrons. The number of carbonyl (C=O) groups excluding carboxylic acids is 3. The van der Waals surface area contributed by atoms with E-state index in [0.29, 0.717) is 11.3 Å². The summed E-state index contributed by atoms with van der Waals surface area (Å²) in [6, 6.07) is 16.0. The van der Waals surface area contributed by atoms with Gasteiger partial charge in [-0.1, -0.05) is 42.5 Å². The number of benzene rings is 2. The van der Waals surface area contributed by atoms with Crippen LogP contribution >= 0.6 is 0 Å². The van der Waals surface area contributed by atoms with E-state index in [9.17, 15) is 14.4 Å². The van der Waals surface area contributed by atoms with E-state index in [4.69, 9.17) is 4.74 Å². The molecule has 7 nitrogen and oxygen atoms in total. The molecule has 1 saturated carbocycles. The zero-order chi connectivity index (χ0) is 20.4. The molecular formula is C22H23N3O4. The quantitative estimate of drug-likeness (QED) is 0.790. The fourth-order valence-electron chi connectivity index (χ4n) is 3.50. The predicted octanol–water partition coefficient (Wildman–Crippen LogP) is 2.99. The fraction of sp³-hybridized carbons (Fsp3) is 0.318. The van der Waals surface area contributed by atoms with Crippen molar-refractivity contribution in [2.45, 2.75) is 44.5 Å². The Balaban J connectivity index is 1.63. The van der Waals surface area contributed by atoms with Crippen molar-refractivity contribution >= 4 is 23.6 Å². The van der Waals surface area contributed by atoms with Crippen molar-refractivity contribution in [2.75, 3.05) is 5.32 Å². The summed E-state index contributed by atoms with van der Waals surface area (Å²) in [6.45, 7) is 1.71. The van der Waals surface area contributed by atoms with Crippen LogP contribution in [0.25, 0.3) is 0 Å². The van der Waals surface area contributed by atoms with Crippen LogP contribution in [0, 0.1) is 0 Å². The van der Waals surface area contributed by atoms with Gasteiger partial charge >= 0.3 is 6.09 Å². The van der Waals surface area contributed by atoms with Gasteiger partial charge in [0.15, 0.2) is 12.1 Å². The number of nitrogens with one attached hydrogen (secondary N) is 2. The summed E-state index contributed by atoms with van der Waals surface area (Å²) < 4.78 is 5.64. The van der Waals surface area contributed by atoms with Crippen LogP contribution < -0.4 is 10.6 Å². The number of rotatable bonds is 6. The van der Waals surface area contributed by atoms with Crippen LogP contribution in [0.3, 0.4) is 0 Å². The van der Waals surface area contributed by atoms with Gasteiger partial charge in [-0.2, -0.15) is 0 Å². The molecule has 0 unspecified atom stereocenters. The van der Waals surface area contributed by atoms with E-state index in [-0.39, 0.29) is 24.4 Å². The molecule has 2 atom stereocenters. The highest BCUT2D eigenvalue weighted by Gasteiger charge is 2.47. The lowest BCUT2D eigenvalue weighted by Gasteiger charge is -2.24. The van der Waals surface area contributed by atoms with Crippen LogP contribution in [-0.4, -0.2) is 34.9 Å². The van der Waals surface area contributed by atoms with Crippen LogP contribution in [-0.2, 0) is 20.9 Å². The molecule has 1 aliphatic carbocycles. The normalized spacial score (nSPS) is 20.9. The molecular weight excluding hydrogens is 370 g/mol. The van der Waals surface area contributed by atoms with E-state index < -0.39 is 18.2 Å². The van der Waals surface area contributed by atoms with E-state index >= 15 is 0 Å². The maximum Gasteiger partial charge on any atom is 0.411 e. The average molecular weight is 393 g/mol. The van der Waals surface area contributed by atoms with Crippen molar-refractivity contribution in [3.8, 4) is 0 Å². The predicted molar refractivity (Wildman–Crippen MR) is 107 cm³/mol. The van der Waals surface area contributed by atoms with E-state index in [1.165, 1.54) is 11.8 Å². The van der Waals surface area contributed by atoms with Gasteiger partial charge in [0, 0.05) is 18.7 Å². The van der Waals surface area contributed by atoms with Gasteiger partial charge < -0.3 is 15.4 Å². The van der Waals surface area contributed by atoms with Gasteiger partial charge in [0.2, 0.25) is 11.8 Å². The van der Waals surface area contributed by atoms with Crippen molar-refractivity contribution in [1.29, 1.82) is 0 Å². The van der Waals surface area contributed by atoms with Crippen molar-refractivity contribution < 1.29 is 19.1 Å². The molecule has 0 bridgehead atoms. The highest BCUT2D eigenvalue weighted by molar-refractivity contribution is 5.90. The highest BCUT2D eigenvalue weighted by Crippen LogP contribution is 2.35. The largest absolute Gasteiger partial charge is 0.438 e. The average Bonchev–Trinajstić information content (AvgIpc) is 3.45. The van der Waals surface area contributed by atoms with E-state index in [1.807, 2.05) is 30.3 Å². The molecule has 0 radical (unpaired) electrons. The third-order valence-corrected chi connectivity index (χ3v) is 5.01. The monoisotopic (exact) mass is 393 g/mol. The summed E-state index contributed by atoms with van der Waals surface area (Å²) in [4.78, 5) is 38.6. The first-order valence-electron chi connectivity index (χ1n) is 9.70. The Bertz CT molecular complexity index is 927. The molecule has 1 saturated heterocycles. The lowest BCUT2D eigenvalue weighted by molar-refractivity contribution is -0.126. The van der Waals surface area contributed by atoms with Gasteiger partial charge in [-0.3, -0.25) is 14.5 Å². The first-order valence-corrected chi connectivity index (χ1v) is 9.70. The Labute approximate surface area is 169 Å². The maximum absolute atomic E-state index is 13.0. The summed E-state index contributed by atoms with van der Waals surface area (Å²) >= 11 is 0. The molecule has 0 aromatic heterocycles. The van der Waals surface area contributed by atoms with Gasteiger partial charge in [0.1, 0.15) is 0 Å². The number of cyclic esters (lactones) is 1. The minimum atomic E-state index is -0.782. The van der Waals surface area contributed by atoms with Crippen LogP contribution in [0.15, 0.2) is 54.6 Å². The molecule has 2 aromatic carbocycles. The molecule has 4 rings (SSSR count). The first kappa shape index (κ1) is 19.0.